The third-order valence-corrected chi connectivity index (χ3v) is 4.45. The van der Waals surface area contributed by atoms with Crippen molar-refractivity contribution in [3.05, 3.63) is 28.9 Å². The van der Waals surface area contributed by atoms with Gasteiger partial charge in [0.1, 0.15) is 5.75 Å². The SMILES string of the molecule is CN(C)CC[S+]([O-])c1c[nH]c2ccc(Br)cc12. The van der Waals surface area contributed by atoms with Gasteiger partial charge < -0.3 is 14.4 Å². The molecule has 0 aliphatic heterocycles. The molecular formula is C12H15BrN2OS. The van der Waals surface area contributed by atoms with Crippen LogP contribution in [0.15, 0.2) is 33.8 Å². The van der Waals surface area contributed by atoms with Gasteiger partial charge in [-0.15, -0.1) is 0 Å². The summed E-state index contributed by atoms with van der Waals surface area (Å²) in [5.41, 5.74) is 1.03. The molecular weight excluding hydrogens is 300 g/mol. The fourth-order valence-electron chi connectivity index (χ4n) is 1.63. The molecule has 1 aromatic carbocycles. The van der Waals surface area contributed by atoms with Gasteiger partial charge in [0.2, 0.25) is 0 Å². The molecule has 1 atom stereocenters. The Hall–Kier alpha value is -0.490. The molecule has 1 unspecified atom stereocenters. The third-order valence-electron chi connectivity index (χ3n) is 2.58. The Morgan fingerprint density at radius 2 is 2.18 bits per heavy atom. The van der Waals surface area contributed by atoms with Crippen LogP contribution < -0.4 is 0 Å². The number of hydrogen-bond donors (Lipinski definition) is 1. The number of H-pyrrole nitrogens is 1. The molecule has 2 aromatic rings. The zero-order valence-electron chi connectivity index (χ0n) is 9.87. The standard InChI is InChI=1S/C12H15BrN2OS/c1-15(2)5-6-17(16)12-8-14-11-4-3-9(13)7-10(11)12/h3-4,7-8,14H,5-6H2,1-2H3. The van der Waals surface area contributed by atoms with E-state index in [1.807, 2.05) is 43.4 Å². The predicted molar refractivity (Wildman–Crippen MR) is 75.8 cm³/mol. The lowest BCUT2D eigenvalue weighted by atomic mass is 10.2. The minimum Gasteiger partial charge on any atom is -0.611 e. The van der Waals surface area contributed by atoms with E-state index in [0.29, 0.717) is 5.75 Å². The quantitative estimate of drug-likeness (QED) is 0.881. The van der Waals surface area contributed by atoms with Crippen LogP contribution in [0, 0.1) is 0 Å². The summed E-state index contributed by atoms with van der Waals surface area (Å²) in [6, 6.07) is 5.98. The Kier molecular flexibility index (Phi) is 4.14. The molecule has 1 heterocycles. The van der Waals surface area contributed by atoms with Crippen LogP contribution in [-0.2, 0) is 11.2 Å². The van der Waals surface area contributed by atoms with E-state index in [0.717, 1.165) is 26.8 Å². The minimum atomic E-state index is -0.949. The summed E-state index contributed by atoms with van der Waals surface area (Å²) in [6.07, 6.45) is 1.85. The van der Waals surface area contributed by atoms with Crippen LogP contribution in [0.4, 0.5) is 0 Å². The molecule has 92 valence electrons. The summed E-state index contributed by atoms with van der Waals surface area (Å²) in [5.74, 6) is 0.659. The van der Waals surface area contributed by atoms with Crippen molar-refractivity contribution in [3.63, 3.8) is 0 Å². The van der Waals surface area contributed by atoms with Crippen LogP contribution in [-0.4, -0.2) is 40.8 Å². The van der Waals surface area contributed by atoms with Gasteiger partial charge in [0, 0.05) is 11.0 Å². The zero-order valence-corrected chi connectivity index (χ0v) is 12.3. The minimum absolute atomic E-state index is 0.659. The summed E-state index contributed by atoms with van der Waals surface area (Å²) in [7, 11) is 3.98. The molecule has 0 saturated carbocycles. The molecule has 17 heavy (non-hydrogen) atoms. The van der Waals surface area contributed by atoms with Crippen molar-refractivity contribution in [1.29, 1.82) is 0 Å². The number of rotatable bonds is 4. The highest BCUT2D eigenvalue weighted by Gasteiger charge is 2.16. The highest BCUT2D eigenvalue weighted by atomic mass is 79.9. The Balaban J connectivity index is 2.25. The van der Waals surface area contributed by atoms with E-state index in [9.17, 15) is 4.55 Å². The molecule has 5 heteroatoms. The highest BCUT2D eigenvalue weighted by molar-refractivity contribution is 9.10. The normalized spacial score (nSPS) is 13.5. The van der Waals surface area contributed by atoms with Gasteiger partial charge in [0.05, 0.1) is 17.1 Å². The largest absolute Gasteiger partial charge is 0.611 e. The van der Waals surface area contributed by atoms with Gasteiger partial charge in [-0.3, -0.25) is 0 Å². The van der Waals surface area contributed by atoms with Gasteiger partial charge in [-0.2, -0.15) is 0 Å². The summed E-state index contributed by atoms with van der Waals surface area (Å²) in [5, 5.41) is 1.04. The van der Waals surface area contributed by atoms with Crippen molar-refractivity contribution in [3.8, 4) is 0 Å². The molecule has 1 aromatic heterocycles. The molecule has 0 saturated heterocycles. The topological polar surface area (TPSA) is 42.1 Å². The van der Waals surface area contributed by atoms with Crippen molar-refractivity contribution in [2.45, 2.75) is 4.90 Å². The monoisotopic (exact) mass is 314 g/mol. The maximum Gasteiger partial charge on any atom is 0.178 e. The van der Waals surface area contributed by atoms with E-state index in [1.165, 1.54) is 0 Å². The third kappa shape index (κ3) is 3.04. The van der Waals surface area contributed by atoms with E-state index < -0.39 is 11.2 Å². The van der Waals surface area contributed by atoms with E-state index in [-0.39, 0.29) is 0 Å². The van der Waals surface area contributed by atoms with Crippen molar-refractivity contribution in [2.24, 2.45) is 0 Å². The molecule has 0 bridgehead atoms. The van der Waals surface area contributed by atoms with Crippen molar-refractivity contribution < 1.29 is 4.55 Å². The van der Waals surface area contributed by atoms with Crippen LogP contribution in [0.5, 0.6) is 0 Å². The molecule has 1 N–H and O–H groups in total. The lowest BCUT2D eigenvalue weighted by molar-refractivity contribution is 0.432. The molecule has 0 aliphatic carbocycles. The number of nitrogens with zero attached hydrogens (tertiary/aromatic N) is 1. The highest BCUT2D eigenvalue weighted by Crippen LogP contribution is 2.26. The second-order valence-electron chi connectivity index (χ2n) is 4.20. The van der Waals surface area contributed by atoms with Gasteiger partial charge in [-0.05, 0) is 43.5 Å². The van der Waals surface area contributed by atoms with Gasteiger partial charge in [0.15, 0.2) is 4.90 Å². The molecule has 3 nitrogen and oxygen atoms in total. The molecule has 2 rings (SSSR count). The van der Waals surface area contributed by atoms with Crippen LogP contribution in [0.1, 0.15) is 0 Å². The second kappa shape index (κ2) is 5.44. The molecule has 0 radical (unpaired) electrons. The zero-order chi connectivity index (χ0) is 12.4. The second-order valence-corrected chi connectivity index (χ2v) is 6.65. The molecule has 0 fully saturated rings. The molecule has 0 aliphatic rings. The first-order chi connectivity index (χ1) is 8.08. The number of aromatic nitrogens is 1. The number of nitrogens with one attached hydrogen (secondary N) is 1. The first-order valence-electron chi connectivity index (χ1n) is 5.37. The average molecular weight is 315 g/mol. The van der Waals surface area contributed by atoms with Crippen molar-refractivity contribution >= 4 is 38.0 Å². The number of fused-ring (bicyclic) bond motifs is 1. The van der Waals surface area contributed by atoms with E-state index in [4.69, 9.17) is 0 Å². The Morgan fingerprint density at radius 1 is 1.41 bits per heavy atom. The Labute approximate surface area is 113 Å². The van der Waals surface area contributed by atoms with E-state index >= 15 is 0 Å². The molecule has 0 amide bonds. The fourth-order valence-corrected chi connectivity index (χ4v) is 3.35. The van der Waals surface area contributed by atoms with Crippen LogP contribution in [0.2, 0.25) is 0 Å². The Morgan fingerprint density at radius 3 is 2.88 bits per heavy atom. The lowest BCUT2D eigenvalue weighted by Crippen LogP contribution is -2.21. The van der Waals surface area contributed by atoms with Crippen LogP contribution in [0.25, 0.3) is 10.9 Å². The summed E-state index contributed by atoms with van der Waals surface area (Å²) in [6.45, 7) is 0.827. The number of hydrogen-bond acceptors (Lipinski definition) is 2. The van der Waals surface area contributed by atoms with Gasteiger partial charge in [-0.1, -0.05) is 15.9 Å². The van der Waals surface area contributed by atoms with Gasteiger partial charge in [0.25, 0.3) is 0 Å². The smallest absolute Gasteiger partial charge is 0.178 e. The number of benzene rings is 1. The average Bonchev–Trinajstić information content (AvgIpc) is 2.68. The summed E-state index contributed by atoms with van der Waals surface area (Å²) >= 11 is 2.49. The fraction of sp³-hybridized carbons (Fsp3) is 0.333. The van der Waals surface area contributed by atoms with Crippen LogP contribution >= 0.6 is 15.9 Å². The molecule has 0 spiro atoms. The first-order valence-corrected chi connectivity index (χ1v) is 7.49. The summed E-state index contributed by atoms with van der Waals surface area (Å²) < 4.78 is 13.2. The van der Waals surface area contributed by atoms with E-state index in [2.05, 4.69) is 20.9 Å². The maximum atomic E-state index is 12.2. The summed E-state index contributed by atoms with van der Waals surface area (Å²) in [4.78, 5) is 6.09. The maximum absolute atomic E-state index is 12.2. The van der Waals surface area contributed by atoms with Crippen molar-refractivity contribution in [2.75, 3.05) is 26.4 Å². The van der Waals surface area contributed by atoms with Crippen molar-refractivity contribution in [1.82, 2.24) is 9.88 Å². The van der Waals surface area contributed by atoms with Crippen LogP contribution in [0.3, 0.4) is 0 Å². The van der Waals surface area contributed by atoms with E-state index in [1.54, 1.807) is 0 Å². The number of halogens is 1. The number of aromatic amines is 1. The Bertz CT molecular complexity index is 512. The van der Waals surface area contributed by atoms with Gasteiger partial charge in [-0.25, -0.2) is 0 Å². The van der Waals surface area contributed by atoms with Gasteiger partial charge >= 0.3 is 0 Å². The first kappa shape index (κ1) is 13.0. The lowest BCUT2D eigenvalue weighted by Gasteiger charge is -2.12. The predicted octanol–water partition coefficient (Wildman–Crippen LogP) is 2.60.